The first-order valence-corrected chi connectivity index (χ1v) is 7.16. The molecule has 0 aliphatic heterocycles. The van der Waals surface area contributed by atoms with E-state index in [9.17, 15) is 8.42 Å². The van der Waals surface area contributed by atoms with E-state index in [0.29, 0.717) is 10.0 Å². The van der Waals surface area contributed by atoms with Crippen LogP contribution in [0.5, 0.6) is 0 Å². The molecule has 0 bridgehead atoms. The molecule has 0 N–H and O–H groups in total. The summed E-state index contributed by atoms with van der Waals surface area (Å²) in [6.45, 7) is 1.90. The molecule has 1 aromatic rings. The van der Waals surface area contributed by atoms with E-state index in [1.165, 1.54) is 0 Å². The molecule has 16 heavy (non-hydrogen) atoms. The molecular formula is C10H12Cl2O3S. The van der Waals surface area contributed by atoms with Crippen molar-refractivity contribution < 1.29 is 12.6 Å². The van der Waals surface area contributed by atoms with Gasteiger partial charge in [-0.15, -0.1) is 0 Å². The molecule has 0 heterocycles. The smallest absolute Gasteiger partial charge is 0.264 e. The monoisotopic (exact) mass is 282 g/mol. The molecule has 0 aliphatic rings. The molecule has 1 atom stereocenters. The zero-order valence-electron chi connectivity index (χ0n) is 8.91. The number of halogens is 2. The number of hydrogen-bond donors (Lipinski definition) is 0. The van der Waals surface area contributed by atoms with E-state index < -0.39 is 10.1 Å². The highest BCUT2D eigenvalue weighted by atomic mass is 35.5. The van der Waals surface area contributed by atoms with Crippen molar-refractivity contribution in [3.8, 4) is 0 Å². The van der Waals surface area contributed by atoms with Crippen LogP contribution in [-0.4, -0.2) is 21.3 Å². The molecule has 0 fully saturated rings. The standard InChI is InChI=1S/C10H12Cl2O3S/c1-7(6-15-16(2,13)14)9-4-3-8(11)5-10(9)12/h3-5,7H,6H2,1-2H3. The summed E-state index contributed by atoms with van der Waals surface area (Å²) in [5.74, 6) is -0.112. The van der Waals surface area contributed by atoms with Gasteiger partial charge in [-0.05, 0) is 17.7 Å². The van der Waals surface area contributed by atoms with Crippen molar-refractivity contribution in [1.29, 1.82) is 0 Å². The zero-order valence-corrected chi connectivity index (χ0v) is 11.2. The van der Waals surface area contributed by atoms with E-state index in [0.717, 1.165) is 11.8 Å². The minimum Gasteiger partial charge on any atom is -0.270 e. The Kier molecular flexibility index (Phi) is 4.62. The third-order valence-corrected chi connectivity index (χ3v) is 3.15. The molecule has 90 valence electrons. The van der Waals surface area contributed by atoms with Crippen molar-refractivity contribution >= 4 is 33.3 Å². The van der Waals surface area contributed by atoms with Crippen LogP contribution in [0, 0.1) is 0 Å². The molecule has 0 spiro atoms. The highest BCUT2D eigenvalue weighted by Gasteiger charge is 2.13. The van der Waals surface area contributed by atoms with Crippen LogP contribution >= 0.6 is 23.2 Å². The van der Waals surface area contributed by atoms with Gasteiger partial charge in [-0.2, -0.15) is 8.42 Å². The third kappa shape index (κ3) is 4.29. The molecule has 3 nitrogen and oxygen atoms in total. The molecular weight excluding hydrogens is 271 g/mol. The average Bonchev–Trinajstić information content (AvgIpc) is 2.13. The molecule has 0 radical (unpaired) electrons. The van der Waals surface area contributed by atoms with Crippen LogP contribution in [0.2, 0.25) is 10.0 Å². The van der Waals surface area contributed by atoms with Gasteiger partial charge in [0.05, 0.1) is 12.9 Å². The predicted octanol–water partition coefficient (Wildman–Crippen LogP) is 3.07. The fraction of sp³-hybridized carbons (Fsp3) is 0.400. The number of hydrogen-bond acceptors (Lipinski definition) is 3. The van der Waals surface area contributed by atoms with Crippen LogP contribution < -0.4 is 0 Å². The fourth-order valence-electron chi connectivity index (χ4n) is 1.22. The Morgan fingerprint density at radius 3 is 2.50 bits per heavy atom. The minimum absolute atomic E-state index is 0.0696. The van der Waals surface area contributed by atoms with E-state index >= 15 is 0 Å². The summed E-state index contributed by atoms with van der Waals surface area (Å²) in [5, 5.41) is 1.06. The van der Waals surface area contributed by atoms with Gasteiger partial charge in [0.1, 0.15) is 0 Å². The Bertz CT molecular complexity index is 471. The molecule has 1 aromatic carbocycles. The second-order valence-electron chi connectivity index (χ2n) is 3.56. The Balaban J connectivity index is 2.77. The summed E-state index contributed by atoms with van der Waals surface area (Å²) in [4.78, 5) is 0. The largest absolute Gasteiger partial charge is 0.270 e. The van der Waals surface area contributed by atoms with Crippen LogP contribution in [0.3, 0.4) is 0 Å². The Morgan fingerprint density at radius 2 is 2.00 bits per heavy atom. The summed E-state index contributed by atoms with van der Waals surface area (Å²) in [7, 11) is -3.42. The van der Waals surface area contributed by atoms with E-state index in [4.69, 9.17) is 27.4 Å². The maximum absolute atomic E-state index is 10.8. The molecule has 0 aliphatic carbocycles. The van der Waals surface area contributed by atoms with Gasteiger partial charge in [0.25, 0.3) is 10.1 Å². The molecule has 6 heteroatoms. The Hall–Kier alpha value is -0.290. The maximum atomic E-state index is 10.8. The first kappa shape index (κ1) is 13.8. The highest BCUT2D eigenvalue weighted by Crippen LogP contribution is 2.27. The van der Waals surface area contributed by atoms with Crippen LogP contribution in [0.1, 0.15) is 18.4 Å². The van der Waals surface area contributed by atoms with Gasteiger partial charge in [-0.3, -0.25) is 4.18 Å². The van der Waals surface area contributed by atoms with Gasteiger partial charge in [-0.1, -0.05) is 36.2 Å². The Morgan fingerprint density at radius 1 is 1.38 bits per heavy atom. The minimum atomic E-state index is -3.42. The lowest BCUT2D eigenvalue weighted by Crippen LogP contribution is -2.10. The Labute approximate surface area is 105 Å². The summed E-state index contributed by atoms with van der Waals surface area (Å²) in [6.07, 6.45) is 1.02. The quantitative estimate of drug-likeness (QED) is 0.797. The summed E-state index contributed by atoms with van der Waals surface area (Å²) in [5.41, 5.74) is 0.815. The average molecular weight is 283 g/mol. The van der Waals surface area contributed by atoms with Gasteiger partial charge in [-0.25, -0.2) is 0 Å². The lowest BCUT2D eigenvalue weighted by Gasteiger charge is -2.13. The topological polar surface area (TPSA) is 43.4 Å². The van der Waals surface area contributed by atoms with Crippen molar-refractivity contribution in [3.63, 3.8) is 0 Å². The maximum Gasteiger partial charge on any atom is 0.264 e. The molecule has 1 rings (SSSR count). The van der Waals surface area contributed by atoms with E-state index in [1.54, 1.807) is 18.2 Å². The molecule has 0 saturated heterocycles. The van der Waals surface area contributed by atoms with Crippen molar-refractivity contribution in [2.45, 2.75) is 12.8 Å². The lowest BCUT2D eigenvalue weighted by atomic mass is 10.0. The SMILES string of the molecule is CC(COS(C)(=O)=O)c1ccc(Cl)cc1Cl. The van der Waals surface area contributed by atoms with Crippen molar-refractivity contribution in [2.75, 3.05) is 12.9 Å². The zero-order chi connectivity index (χ0) is 12.3. The molecule has 1 unspecified atom stereocenters. The predicted molar refractivity (Wildman–Crippen MR) is 65.7 cm³/mol. The first-order chi connectivity index (χ1) is 7.29. The molecule has 0 amide bonds. The van der Waals surface area contributed by atoms with E-state index in [2.05, 4.69) is 0 Å². The normalized spacial score (nSPS) is 13.8. The molecule has 0 aromatic heterocycles. The van der Waals surface area contributed by atoms with Crippen LogP contribution in [0.25, 0.3) is 0 Å². The van der Waals surface area contributed by atoms with E-state index in [-0.39, 0.29) is 12.5 Å². The van der Waals surface area contributed by atoms with Crippen LogP contribution in [-0.2, 0) is 14.3 Å². The summed E-state index contributed by atoms with van der Waals surface area (Å²) < 4.78 is 26.4. The number of benzene rings is 1. The number of rotatable bonds is 4. The van der Waals surface area contributed by atoms with Crippen molar-refractivity contribution in [1.82, 2.24) is 0 Å². The highest BCUT2D eigenvalue weighted by molar-refractivity contribution is 7.85. The van der Waals surface area contributed by atoms with Gasteiger partial charge in [0.15, 0.2) is 0 Å². The lowest BCUT2D eigenvalue weighted by molar-refractivity contribution is 0.301. The van der Waals surface area contributed by atoms with Crippen molar-refractivity contribution in [3.05, 3.63) is 33.8 Å². The van der Waals surface area contributed by atoms with Gasteiger partial charge < -0.3 is 0 Å². The summed E-state index contributed by atoms with van der Waals surface area (Å²) in [6, 6.07) is 5.09. The van der Waals surface area contributed by atoms with Gasteiger partial charge in [0, 0.05) is 16.0 Å². The third-order valence-electron chi connectivity index (χ3n) is 2.03. The van der Waals surface area contributed by atoms with Crippen molar-refractivity contribution in [2.24, 2.45) is 0 Å². The van der Waals surface area contributed by atoms with Crippen LogP contribution in [0.4, 0.5) is 0 Å². The van der Waals surface area contributed by atoms with Gasteiger partial charge >= 0.3 is 0 Å². The van der Waals surface area contributed by atoms with Gasteiger partial charge in [0.2, 0.25) is 0 Å². The second kappa shape index (κ2) is 5.36. The molecule has 0 saturated carbocycles. The second-order valence-corrected chi connectivity index (χ2v) is 6.04. The van der Waals surface area contributed by atoms with E-state index in [1.807, 2.05) is 6.92 Å². The summed E-state index contributed by atoms with van der Waals surface area (Å²) >= 11 is 11.7. The van der Waals surface area contributed by atoms with Crippen LogP contribution in [0.15, 0.2) is 18.2 Å². The first-order valence-electron chi connectivity index (χ1n) is 4.59. The fourth-order valence-corrected chi connectivity index (χ4v) is 2.26.